The number of nitrogens with zero attached hydrogens (tertiary/aromatic N) is 1. The predicted octanol–water partition coefficient (Wildman–Crippen LogP) is -0.490. The molecule has 1 aliphatic rings. The molecule has 0 aromatic carbocycles. The first kappa shape index (κ1) is 15.8. The van der Waals surface area contributed by atoms with Gasteiger partial charge in [-0.15, -0.1) is 0 Å². The Labute approximate surface area is 127 Å². The Kier molecular flexibility index (Phi) is 5.99. The van der Waals surface area contributed by atoms with Crippen LogP contribution in [0.25, 0.3) is 0 Å². The second-order valence-corrected chi connectivity index (χ2v) is 5.92. The number of amides is 1. The van der Waals surface area contributed by atoms with Crippen molar-refractivity contribution in [3.05, 3.63) is 24.4 Å². The summed E-state index contributed by atoms with van der Waals surface area (Å²) in [5.74, 6) is 1.35. The summed E-state index contributed by atoms with van der Waals surface area (Å²) in [5, 5.41) is 3.09. The maximum atomic E-state index is 12.0. The topological polar surface area (TPSA) is 50.9 Å². The largest absolute Gasteiger partial charge is 0.349 e. The van der Waals surface area contributed by atoms with Crippen molar-refractivity contribution in [1.29, 1.82) is 0 Å². The van der Waals surface area contributed by atoms with E-state index in [9.17, 15) is 4.79 Å². The lowest BCUT2D eigenvalue weighted by atomic mass is 10.2. The summed E-state index contributed by atoms with van der Waals surface area (Å²) in [4.78, 5) is 19.0. The highest BCUT2D eigenvalue weighted by atomic mass is 16.2. The van der Waals surface area contributed by atoms with Crippen LogP contribution in [0.2, 0.25) is 0 Å². The molecule has 1 aromatic rings. The van der Waals surface area contributed by atoms with Gasteiger partial charge in [0.05, 0.1) is 6.20 Å². The average Bonchev–Trinajstić information content (AvgIpc) is 2.49. The Bertz CT molecular complexity index is 429. The second kappa shape index (κ2) is 7.98. The van der Waals surface area contributed by atoms with Gasteiger partial charge in [-0.2, -0.15) is 0 Å². The van der Waals surface area contributed by atoms with E-state index < -0.39 is 0 Å². The molecule has 2 heterocycles. The first-order valence-electron chi connectivity index (χ1n) is 8.03. The molecule has 5 heteroatoms. The van der Waals surface area contributed by atoms with Gasteiger partial charge in [-0.3, -0.25) is 9.69 Å². The van der Waals surface area contributed by atoms with E-state index in [1.54, 1.807) is 0 Å². The van der Waals surface area contributed by atoms with Crippen molar-refractivity contribution in [2.45, 2.75) is 32.7 Å². The molecule has 3 N–H and O–H groups in total. The number of anilines is 1. The van der Waals surface area contributed by atoms with E-state index in [0.29, 0.717) is 12.6 Å². The fourth-order valence-corrected chi connectivity index (χ4v) is 2.88. The molecule has 0 aliphatic carbocycles. The molecule has 1 amide bonds. The molecule has 5 nitrogen and oxygen atoms in total. The van der Waals surface area contributed by atoms with Crippen molar-refractivity contribution < 1.29 is 14.7 Å². The summed E-state index contributed by atoms with van der Waals surface area (Å²) in [6.07, 6.45) is 4.12. The lowest BCUT2D eigenvalue weighted by Crippen LogP contribution is -3.16. The molecule has 21 heavy (non-hydrogen) atoms. The first-order valence-corrected chi connectivity index (χ1v) is 8.03. The van der Waals surface area contributed by atoms with Crippen LogP contribution in [0.5, 0.6) is 0 Å². The van der Waals surface area contributed by atoms with Crippen LogP contribution in [-0.4, -0.2) is 44.7 Å². The zero-order chi connectivity index (χ0) is 15.1. The zero-order valence-corrected chi connectivity index (χ0v) is 13.2. The van der Waals surface area contributed by atoms with Gasteiger partial charge >= 0.3 is 0 Å². The summed E-state index contributed by atoms with van der Waals surface area (Å²) in [5.41, 5.74) is 0. The molecule has 0 saturated carbocycles. The van der Waals surface area contributed by atoms with Gasteiger partial charge in [0, 0.05) is 12.1 Å². The predicted molar refractivity (Wildman–Crippen MR) is 83.3 cm³/mol. The van der Waals surface area contributed by atoms with Gasteiger partial charge in [0.15, 0.2) is 6.54 Å². The fraction of sp³-hybridized carbons (Fsp3) is 0.625. The van der Waals surface area contributed by atoms with Gasteiger partial charge in [-0.25, -0.2) is 4.98 Å². The molecule has 0 bridgehead atoms. The van der Waals surface area contributed by atoms with Crippen molar-refractivity contribution >= 4 is 11.7 Å². The molecule has 1 saturated heterocycles. The molecular weight excluding hydrogens is 264 g/mol. The lowest BCUT2D eigenvalue weighted by molar-refractivity contribution is -0.892. The number of quaternary nitrogens is 1. The van der Waals surface area contributed by atoms with Crippen LogP contribution in [-0.2, 0) is 4.79 Å². The smallest absolute Gasteiger partial charge is 0.275 e. The Morgan fingerprint density at radius 2 is 2.19 bits per heavy atom. The van der Waals surface area contributed by atoms with Gasteiger partial charge in [-0.05, 0) is 19.4 Å². The molecule has 1 atom stereocenters. The van der Waals surface area contributed by atoms with Gasteiger partial charge in [0.1, 0.15) is 26.2 Å². The molecule has 1 fully saturated rings. The summed E-state index contributed by atoms with van der Waals surface area (Å²) in [7, 11) is 0. The Hall–Kier alpha value is -1.62. The van der Waals surface area contributed by atoms with Crippen molar-refractivity contribution in [3.8, 4) is 0 Å². The third-order valence-electron chi connectivity index (χ3n) is 4.04. The van der Waals surface area contributed by atoms with E-state index in [1.807, 2.05) is 18.3 Å². The number of rotatable bonds is 6. The highest BCUT2D eigenvalue weighted by Crippen LogP contribution is 2.04. The first-order chi connectivity index (χ1) is 10.2. The number of carbonyl (C=O) groups excluding carboxylic acids is 1. The minimum absolute atomic E-state index is 0.186. The van der Waals surface area contributed by atoms with Crippen molar-refractivity contribution in [3.63, 3.8) is 0 Å². The number of H-pyrrole nitrogens is 1. The van der Waals surface area contributed by atoms with Crippen LogP contribution >= 0.6 is 0 Å². The Morgan fingerprint density at radius 3 is 2.81 bits per heavy atom. The Balaban J connectivity index is 1.73. The highest BCUT2D eigenvalue weighted by Gasteiger charge is 2.27. The molecule has 1 aliphatic heterocycles. The standard InChI is InChI=1S/C16H26N4O/c1-3-6-14(2)18-16(21)13-19-9-11-20(12-10-19)15-7-4-5-8-17-15/h4-5,7-8,14H,3,6,9-13H2,1-2H3,(H,18,21)/p+2/t14-/m0/s1. The van der Waals surface area contributed by atoms with Crippen LogP contribution in [0.15, 0.2) is 24.4 Å². The normalized spacial score (nSPS) is 17.5. The monoisotopic (exact) mass is 292 g/mol. The summed E-state index contributed by atoms with van der Waals surface area (Å²) in [6, 6.07) is 6.44. The van der Waals surface area contributed by atoms with E-state index >= 15 is 0 Å². The van der Waals surface area contributed by atoms with Crippen LogP contribution in [0.4, 0.5) is 5.82 Å². The number of carbonyl (C=O) groups is 1. The maximum absolute atomic E-state index is 12.0. The molecule has 0 radical (unpaired) electrons. The molecular formula is C16H28N4O+2. The number of nitrogens with one attached hydrogen (secondary N) is 3. The molecule has 0 unspecified atom stereocenters. The van der Waals surface area contributed by atoms with Crippen LogP contribution in [0.1, 0.15) is 26.7 Å². The molecule has 1 aromatic heterocycles. The third kappa shape index (κ3) is 5.01. The number of hydrogen-bond acceptors (Lipinski definition) is 2. The van der Waals surface area contributed by atoms with E-state index in [4.69, 9.17) is 0 Å². The summed E-state index contributed by atoms with van der Waals surface area (Å²) >= 11 is 0. The van der Waals surface area contributed by atoms with E-state index in [1.165, 1.54) is 4.90 Å². The molecule has 2 rings (SSSR count). The minimum atomic E-state index is 0.186. The highest BCUT2D eigenvalue weighted by molar-refractivity contribution is 5.77. The Morgan fingerprint density at radius 1 is 1.43 bits per heavy atom. The number of aromatic nitrogens is 1. The second-order valence-electron chi connectivity index (χ2n) is 5.92. The van der Waals surface area contributed by atoms with Crippen molar-refractivity contribution in [2.75, 3.05) is 37.6 Å². The fourth-order valence-electron chi connectivity index (χ4n) is 2.88. The number of piperazine rings is 1. The van der Waals surface area contributed by atoms with Crippen LogP contribution in [0.3, 0.4) is 0 Å². The average molecular weight is 292 g/mol. The summed E-state index contributed by atoms with van der Waals surface area (Å²) < 4.78 is 0. The maximum Gasteiger partial charge on any atom is 0.275 e. The van der Waals surface area contributed by atoms with Crippen LogP contribution < -0.4 is 20.1 Å². The SMILES string of the molecule is CCC[C@H](C)NC(=O)C[NH+]1CCN(c2cccc[nH+]2)CC1. The van der Waals surface area contributed by atoms with Gasteiger partial charge in [0.25, 0.3) is 11.7 Å². The quantitative estimate of drug-likeness (QED) is 0.743. The van der Waals surface area contributed by atoms with E-state index in [0.717, 1.165) is 44.8 Å². The van der Waals surface area contributed by atoms with E-state index in [-0.39, 0.29) is 5.91 Å². The van der Waals surface area contributed by atoms with E-state index in [2.05, 4.69) is 35.1 Å². The number of aromatic amines is 1. The number of pyridine rings is 1. The summed E-state index contributed by atoms with van der Waals surface area (Å²) in [6.45, 7) is 8.84. The molecule has 0 spiro atoms. The minimum Gasteiger partial charge on any atom is -0.349 e. The zero-order valence-electron chi connectivity index (χ0n) is 13.2. The molecule has 116 valence electrons. The third-order valence-corrected chi connectivity index (χ3v) is 4.04. The van der Waals surface area contributed by atoms with Gasteiger partial charge < -0.3 is 10.2 Å². The number of hydrogen-bond donors (Lipinski definition) is 2. The van der Waals surface area contributed by atoms with Gasteiger partial charge in [0.2, 0.25) is 0 Å². The van der Waals surface area contributed by atoms with Crippen molar-refractivity contribution in [1.82, 2.24) is 5.32 Å². The lowest BCUT2D eigenvalue weighted by Gasteiger charge is -2.28. The van der Waals surface area contributed by atoms with Gasteiger partial charge in [-0.1, -0.05) is 19.4 Å². The van der Waals surface area contributed by atoms with Crippen LogP contribution in [0, 0.1) is 0 Å². The van der Waals surface area contributed by atoms with Crippen molar-refractivity contribution in [2.24, 2.45) is 0 Å².